The summed E-state index contributed by atoms with van der Waals surface area (Å²) in [5.74, 6) is 0.861. The number of aromatic nitrogens is 2. The number of carbonyl (C=O) groups excluding carboxylic acids is 1. The van der Waals surface area contributed by atoms with Gasteiger partial charge in [-0.15, -0.1) is 0 Å². The predicted molar refractivity (Wildman–Crippen MR) is 46.7 cm³/mol. The molecular formula is C9H11N3O. The summed E-state index contributed by atoms with van der Waals surface area (Å²) < 4.78 is 0. The highest BCUT2D eigenvalue weighted by atomic mass is 16.2. The molecule has 4 heteroatoms. The van der Waals surface area contributed by atoms with E-state index in [1.54, 1.807) is 18.0 Å². The Hall–Kier alpha value is -1.45. The fraction of sp³-hybridized carbons (Fsp3) is 0.444. The van der Waals surface area contributed by atoms with Crippen molar-refractivity contribution in [2.45, 2.75) is 26.9 Å². The highest BCUT2D eigenvalue weighted by Crippen LogP contribution is 2.19. The largest absolute Gasteiger partial charge is 0.333 e. The lowest BCUT2D eigenvalue weighted by molar-refractivity contribution is -0.129. The molecule has 0 saturated carbocycles. The summed E-state index contributed by atoms with van der Waals surface area (Å²) in [4.78, 5) is 21.2. The maximum atomic E-state index is 11.1. The number of hydrogen-bond acceptors (Lipinski definition) is 3. The van der Waals surface area contributed by atoms with E-state index >= 15 is 0 Å². The van der Waals surface area contributed by atoms with Crippen LogP contribution in [-0.4, -0.2) is 20.8 Å². The Bertz CT molecular complexity index is 362. The van der Waals surface area contributed by atoms with Crippen LogP contribution in [0.15, 0.2) is 6.20 Å². The van der Waals surface area contributed by atoms with Crippen LogP contribution in [-0.2, 0) is 17.9 Å². The molecule has 13 heavy (non-hydrogen) atoms. The highest BCUT2D eigenvalue weighted by molar-refractivity contribution is 5.73. The molecule has 0 atom stereocenters. The van der Waals surface area contributed by atoms with Crippen molar-refractivity contribution in [2.24, 2.45) is 0 Å². The number of nitrogens with zero attached hydrogens (tertiary/aromatic N) is 3. The van der Waals surface area contributed by atoms with E-state index in [1.807, 2.05) is 6.92 Å². The van der Waals surface area contributed by atoms with Gasteiger partial charge in [0.1, 0.15) is 5.82 Å². The van der Waals surface area contributed by atoms with Gasteiger partial charge in [0.2, 0.25) is 5.91 Å². The fourth-order valence-corrected chi connectivity index (χ4v) is 1.48. The normalized spacial score (nSPS) is 14.5. The maximum Gasteiger partial charge on any atom is 0.220 e. The molecule has 0 bridgehead atoms. The van der Waals surface area contributed by atoms with Gasteiger partial charge >= 0.3 is 0 Å². The van der Waals surface area contributed by atoms with Gasteiger partial charge < -0.3 is 4.90 Å². The Kier molecular flexibility index (Phi) is 1.76. The average Bonchev–Trinajstić information content (AvgIpc) is 2.46. The first-order valence-electron chi connectivity index (χ1n) is 4.23. The molecule has 1 amide bonds. The average molecular weight is 177 g/mol. The summed E-state index contributed by atoms with van der Waals surface area (Å²) in [5.41, 5.74) is 2.06. The van der Waals surface area contributed by atoms with Crippen molar-refractivity contribution in [3.63, 3.8) is 0 Å². The Morgan fingerprint density at radius 1 is 1.54 bits per heavy atom. The molecule has 0 saturated heterocycles. The van der Waals surface area contributed by atoms with Gasteiger partial charge in [0.15, 0.2) is 0 Å². The zero-order valence-electron chi connectivity index (χ0n) is 7.74. The first-order valence-corrected chi connectivity index (χ1v) is 4.23. The highest BCUT2D eigenvalue weighted by Gasteiger charge is 2.22. The lowest BCUT2D eigenvalue weighted by Gasteiger charge is -2.10. The molecule has 2 heterocycles. The van der Waals surface area contributed by atoms with Crippen LogP contribution in [0.3, 0.4) is 0 Å². The van der Waals surface area contributed by atoms with E-state index in [0.29, 0.717) is 13.1 Å². The van der Waals surface area contributed by atoms with Crippen molar-refractivity contribution in [1.82, 2.24) is 14.9 Å². The van der Waals surface area contributed by atoms with Gasteiger partial charge in [-0.3, -0.25) is 4.79 Å². The quantitative estimate of drug-likeness (QED) is 0.584. The van der Waals surface area contributed by atoms with E-state index in [2.05, 4.69) is 9.97 Å². The number of hydrogen-bond donors (Lipinski definition) is 0. The van der Waals surface area contributed by atoms with E-state index in [9.17, 15) is 4.79 Å². The Labute approximate surface area is 76.6 Å². The smallest absolute Gasteiger partial charge is 0.220 e. The molecular weight excluding hydrogens is 166 g/mol. The van der Waals surface area contributed by atoms with Crippen molar-refractivity contribution < 1.29 is 4.79 Å². The summed E-state index contributed by atoms with van der Waals surface area (Å²) in [6, 6.07) is 0. The zero-order chi connectivity index (χ0) is 9.42. The van der Waals surface area contributed by atoms with Crippen molar-refractivity contribution in [3.8, 4) is 0 Å². The first kappa shape index (κ1) is 8.16. The summed E-state index contributed by atoms with van der Waals surface area (Å²) in [6.45, 7) is 4.72. The molecule has 0 N–H and O–H groups in total. The van der Waals surface area contributed by atoms with Gasteiger partial charge in [-0.05, 0) is 6.92 Å². The van der Waals surface area contributed by atoms with E-state index < -0.39 is 0 Å². The molecule has 0 aromatic carbocycles. The lowest BCUT2D eigenvalue weighted by Crippen LogP contribution is -2.21. The minimum absolute atomic E-state index is 0.0932. The SMILES string of the molecule is CC(=O)N1Cc2cnc(C)nc2C1. The first-order chi connectivity index (χ1) is 6.16. The third-order valence-corrected chi connectivity index (χ3v) is 2.22. The maximum absolute atomic E-state index is 11.1. The summed E-state index contributed by atoms with van der Waals surface area (Å²) in [5, 5.41) is 0. The topological polar surface area (TPSA) is 46.1 Å². The molecule has 1 aliphatic heterocycles. The molecule has 0 spiro atoms. The van der Waals surface area contributed by atoms with Crippen molar-refractivity contribution in [1.29, 1.82) is 0 Å². The molecule has 1 aromatic heterocycles. The van der Waals surface area contributed by atoms with Crippen LogP contribution >= 0.6 is 0 Å². The van der Waals surface area contributed by atoms with Gasteiger partial charge in [-0.25, -0.2) is 9.97 Å². The standard InChI is InChI=1S/C9H11N3O/c1-6-10-3-8-4-12(7(2)13)5-9(8)11-6/h3H,4-5H2,1-2H3. The molecule has 0 aliphatic carbocycles. The number of aryl methyl sites for hydroxylation is 1. The monoisotopic (exact) mass is 177 g/mol. The summed E-state index contributed by atoms with van der Waals surface area (Å²) in [7, 11) is 0. The molecule has 1 aromatic rings. The summed E-state index contributed by atoms with van der Waals surface area (Å²) >= 11 is 0. The van der Waals surface area contributed by atoms with Crippen LogP contribution in [0.25, 0.3) is 0 Å². The Morgan fingerprint density at radius 2 is 2.31 bits per heavy atom. The van der Waals surface area contributed by atoms with Crippen LogP contribution in [0.2, 0.25) is 0 Å². The van der Waals surface area contributed by atoms with Gasteiger partial charge in [-0.2, -0.15) is 0 Å². The van der Waals surface area contributed by atoms with Crippen LogP contribution in [0.1, 0.15) is 24.0 Å². The lowest BCUT2D eigenvalue weighted by atomic mass is 10.3. The summed E-state index contributed by atoms with van der Waals surface area (Å²) in [6.07, 6.45) is 1.81. The van der Waals surface area contributed by atoms with Crippen LogP contribution in [0.5, 0.6) is 0 Å². The van der Waals surface area contributed by atoms with Crippen molar-refractivity contribution in [2.75, 3.05) is 0 Å². The van der Waals surface area contributed by atoms with Crippen LogP contribution in [0.4, 0.5) is 0 Å². The number of carbonyl (C=O) groups is 1. The van der Waals surface area contributed by atoms with E-state index in [0.717, 1.165) is 17.1 Å². The van der Waals surface area contributed by atoms with Crippen molar-refractivity contribution in [3.05, 3.63) is 23.3 Å². The second-order valence-electron chi connectivity index (χ2n) is 3.26. The molecule has 68 valence electrons. The van der Waals surface area contributed by atoms with Crippen molar-refractivity contribution >= 4 is 5.91 Å². The third kappa shape index (κ3) is 1.39. The molecule has 1 aliphatic rings. The second kappa shape index (κ2) is 2.80. The van der Waals surface area contributed by atoms with E-state index in [-0.39, 0.29) is 5.91 Å². The third-order valence-electron chi connectivity index (χ3n) is 2.22. The molecule has 0 radical (unpaired) electrons. The number of fused-ring (bicyclic) bond motifs is 1. The van der Waals surface area contributed by atoms with E-state index in [1.165, 1.54) is 0 Å². The van der Waals surface area contributed by atoms with Gasteiger partial charge in [0, 0.05) is 25.2 Å². The molecule has 2 rings (SSSR count). The minimum atomic E-state index is 0.0932. The van der Waals surface area contributed by atoms with Gasteiger partial charge in [0.05, 0.1) is 12.2 Å². The Morgan fingerprint density at radius 3 is 3.00 bits per heavy atom. The number of rotatable bonds is 0. The van der Waals surface area contributed by atoms with E-state index in [4.69, 9.17) is 0 Å². The molecule has 0 unspecified atom stereocenters. The zero-order valence-corrected chi connectivity index (χ0v) is 7.74. The van der Waals surface area contributed by atoms with Gasteiger partial charge in [-0.1, -0.05) is 0 Å². The molecule has 0 fully saturated rings. The molecule has 4 nitrogen and oxygen atoms in total. The number of amides is 1. The van der Waals surface area contributed by atoms with Gasteiger partial charge in [0.25, 0.3) is 0 Å². The van der Waals surface area contributed by atoms with Crippen LogP contribution in [0, 0.1) is 6.92 Å². The van der Waals surface area contributed by atoms with Crippen LogP contribution < -0.4 is 0 Å². The Balaban J connectivity index is 2.30. The minimum Gasteiger partial charge on any atom is -0.333 e. The predicted octanol–water partition coefficient (Wildman–Crippen LogP) is 0.647. The fourth-order valence-electron chi connectivity index (χ4n) is 1.48. The second-order valence-corrected chi connectivity index (χ2v) is 3.26.